The fraction of sp³-hybridized carbons (Fsp3) is 0.500. The van der Waals surface area contributed by atoms with Crippen molar-refractivity contribution in [2.24, 2.45) is 5.92 Å². The molecule has 1 aromatic carbocycles. The number of fused-ring (bicyclic) bond motifs is 1. The number of carbonyl (C=O) groups is 1. The quantitative estimate of drug-likeness (QED) is 0.927. The molecule has 1 atom stereocenters. The van der Waals surface area contributed by atoms with Crippen LogP contribution in [0.5, 0.6) is 0 Å². The molecule has 6 nitrogen and oxygen atoms in total. The highest BCUT2D eigenvalue weighted by Crippen LogP contribution is 2.17. The number of nitrogens with one attached hydrogen (secondary N) is 1. The Hall–Kier alpha value is -2.21. The maximum atomic E-state index is 13.1. The summed E-state index contributed by atoms with van der Waals surface area (Å²) in [4.78, 5) is 27.6. The van der Waals surface area contributed by atoms with Crippen LogP contribution in [0.25, 0.3) is 10.8 Å². The highest BCUT2D eigenvalue weighted by Gasteiger charge is 2.27. The number of hydrogen-bond donors (Lipinski definition) is 1. The van der Waals surface area contributed by atoms with Crippen molar-refractivity contribution >= 4 is 16.7 Å². The van der Waals surface area contributed by atoms with E-state index in [9.17, 15) is 9.59 Å². The smallest absolute Gasteiger partial charge is 0.275 e. The van der Waals surface area contributed by atoms with Crippen LogP contribution >= 0.6 is 0 Å². The average molecular weight is 328 g/mol. The van der Waals surface area contributed by atoms with Gasteiger partial charge in [-0.05, 0) is 18.9 Å². The second-order valence-electron chi connectivity index (χ2n) is 6.83. The van der Waals surface area contributed by atoms with Gasteiger partial charge < -0.3 is 10.2 Å². The molecule has 0 radical (unpaired) electrons. The third-order valence-corrected chi connectivity index (χ3v) is 4.37. The van der Waals surface area contributed by atoms with Gasteiger partial charge in [-0.2, -0.15) is 5.10 Å². The fourth-order valence-electron chi connectivity index (χ4n) is 3.14. The summed E-state index contributed by atoms with van der Waals surface area (Å²) >= 11 is 0. The topological polar surface area (TPSA) is 67.2 Å². The maximum Gasteiger partial charge on any atom is 0.275 e. The number of amides is 1. The summed E-state index contributed by atoms with van der Waals surface area (Å²) in [5.74, 6) is 0.176. The van der Waals surface area contributed by atoms with Gasteiger partial charge in [0, 0.05) is 37.6 Å². The van der Waals surface area contributed by atoms with Crippen molar-refractivity contribution < 1.29 is 4.79 Å². The maximum absolute atomic E-state index is 13.1. The molecule has 1 unspecified atom stereocenters. The number of aromatic nitrogens is 2. The van der Waals surface area contributed by atoms with Gasteiger partial charge in [0.25, 0.3) is 11.5 Å². The SMILES string of the molecule is CC(C)Cn1nc(C(=O)N2CCNCC2C)c2ccccc2c1=O. The molecule has 24 heavy (non-hydrogen) atoms. The van der Waals surface area contributed by atoms with Crippen LogP contribution in [-0.4, -0.2) is 46.3 Å². The Morgan fingerprint density at radius 1 is 1.33 bits per heavy atom. The van der Waals surface area contributed by atoms with Crippen LogP contribution in [0.3, 0.4) is 0 Å². The van der Waals surface area contributed by atoms with Crippen LogP contribution in [0, 0.1) is 5.92 Å². The molecule has 1 amide bonds. The second-order valence-corrected chi connectivity index (χ2v) is 6.83. The molecule has 3 rings (SSSR count). The lowest BCUT2D eigenvalue weighted by Crippen LogP contribution is -2.52. The Kier molecular flexibility index (Phi) is 4.66. The van der Waals surface area contributed by atoms with Gasteiger partial charge in [-0.25, -0.2) is 4.68 Å². The van der Waals surface area contributed by atoms with E-state index in [1.54, 1.807) is 6.07 Å². The van der Waals surface area contributed by atoms with Gasteiger partial charge in [0.15, 0.2) is 5.69 Å². The summed E-state index contributed by atoms with van der Waals surface area (Å²) in [6.07, 6.45) is 0. The predicted octanol–water partition coefficient (Wildman–Crippen LogP) is 1.49. The lowest BCUT2D eigenvalue weighted by atomic mass is 10.1. The summed E-state index contributed by atoms with van der Waals surface area (Å²) in [7, 11) is 0. The van der Waals surface area contributed by atoms with Gasteiger partial charge in [0.05, 0.1) is 5.39 Å². The van der Waals surface area contributed by atoms with E-state index in [0.29, 0.717) is 29.6 Å². The largest absolute Gasteiger partial charge is 0.332 e. The van der Waals surface area contributed by atoms with E-state index < -0.39 is 0 Å². The van der Waals surface area contributed by atoms with Gasteiger partial charge in [-0.3, -0.25) is 9.59 Å². The van der Waals surface area contributed by atoms with Crippen LogP contribution in [0.15, 0.2) is 29.1 Å². The van der Waals surface area contributed by atoms with E-state index in [0.717, 1.165) is 13.1 Å². The fourth-order valence-corrected chi connectivity index (χ4v) is 3.14. The molecule has 128 valence electrons. The van der Waals surface area contributed by atoms with Gasteiger partial charge in [-0.15, -0.1) is 0 Å². The summed E-state index contributed by atoms with van der Waals surface area (Å²) < 4.78 is 1.44. The summed E-state index contributed by atoms with van der Waals surface area (Å²) in [6.45, 7) is 8.79. The number of carbonyl (C=O) groups excluding carboxylic acids is 1. The van der Waals surface area contributed by atoms with Crippen LogP contribution in [0.4, 0.5) is 0 Å². The monoisotopic (exact) mass is 328 g/mol. The van der Waals surface area contributed by atoms with E-state index in [4.69, 9.17) is 0 Å². The van der Waals surface area contributed by atoms with E-state index in [-0.39, 0.29) is 23.4 Å². The molecule has 0 saturated carbocycles. The van der Waals surface area contributed by atoms with Crippen molar-refractivity contribution in [2.75, 3.05) is 19.6 Å². The first-order valence-electron chi connectivity index (χ1n) is 8.50. The summed E-state index contributed by atoms with van der Waals surface area (Å²) in [5.41, 5.74) is 0.240. The summed E-state index contributed by atoms with van der Waals surface area (Å²) in [6, 6.07) is 7.36. The third kappa shape index (κ3) is 3.06. The number of nitrogens with zero attached hydrogens (tertiary/aromatic N) is 3. The molecule has 1 aliphatic heterocycles. The summed E-state index contributed by atoms with van der Waals surface area (Å²) in [5, 5.41) is 8.92. The van der Waals surface area contributed by atoms with Crippen LogP contribution in [-0.2, 0) is 6.54 Å². The zero-order chi connectivity index (χ0) is 17.3. The van der Waals surface area contributed by atoms with Gasteiger partial charge >= 0.3 is 0 Å². The highest BCUT2D eigenvalue weighted by atomic mass is 16.2. The molecule has 0 aliphatic carbocycles. The number of benzene rings is 1. The Labute approximate surface area is 141 Å². The van der Waals surface area contributed by atoms with Crippen molar-refractivity contribution in [3.05, 3.63) is 40.3 Å². The van der Waals surface area contributed by atoms with E-state index in [1.807, 2.05) is 43.9 Å². The van der Waals surface area contributed by atoms with Gasteiger partial charge in [-0.1, -0.05) is 32.0 Å². The van der Waals surface area contributed by atoms with Crippen LogP contribution in [0.1, 0.15) is 31.3 Å². The zero-order valence-corrected chi connectivity index (χ0v) is 14.5. The van der Waals surface area contributed by atoms with E-state index in [2.05, 4.69) is 10.4 Å². The lowest BCUT2D eigenvalue weighted by Gasteiger charge is -2.34. The average Bonchev–Trinajstić information content (AvgIpc) is 2.57. The minimum absolute atomic E-state index is 0.0993. The standard InChI is InChI=1S/C18H24N4O2/c1-12(2)11-22-17(23)15-7-5-4-6-14(15)16(20-22)18(24)21-9-8-19-10-13(21)3/h4-7,12-13,19H,8-11H2,1-3H3. The molecule has 1 N–H and O–H groups in total. The first-order chi connectivity index (χ1) is 11.5. The molecule has 0 bridgehead atoms. The van der Waals surface area contributed by atoms with Gasteiger partial charge in [0.1, 0.15) is 0 Å². The number of piperazine rings is 1. The van der Waals surface area contributed by atoms with Crippen molar-refractivity contribution in [1.29, 1.82) is 0 Å². The first-order valence-corrected chi connectivity index (χ1v) is 8.50. The Morgan fingerprint density at radius 3 is 2.71 bits per heavy atom. The van der Waals surface area contributed by atoms with E-state index >= 15 is 0 Å². The molecule has 1 aromatic heterocycles. The molecule has 1 aliphatic rings. The Bertz CT molecular complexity index is 812. The number of hydrogen-bond acceptors (Lipinski definition) is 4. The van der Waals surface area contributed by atoms with Crippen molar-refractivity contribution in [3.63, 3.8) is 0 Å². The second kappa shape index (κ2) is 6.73. The van der Waals surface area contributed by atoms with Crippen molar-refractivity contribution in [3.8, 4) is 0 Å². The zero-order valence-electron chi connectivity index (χ0n) is 14.5. The van der Waals surface area contributed by atoms with Crippen LogP contribution in [0.2, 0.25) is 0 Å². The molecule has 2 aromatic rings. The molecule has 1 fully saturated rings. The third-order valence-electron chi connectivity index (χ3n) is 4.37. The highest BCUT2D eigenvalue weighted by molar-refractivity contribution is 6.04. The Morgan fingerprint density at radius 2 is 2.04 bits per heavy atom. The Balaban J connectivity index is 2.13. The normalized spacial score (nSPS) is 18.3. The number of rotatable bonds is 3. The minimum Gasteiger partial charge on any atom is -0.332 e. The predicted molar refractivity (Wildman–Crippen MR) is 94.2 cm³/mol. The molecule has 0 spiro atoms. The lowest BCUT2D eigenvalue weighted by molar-refractivity contribution is 0.0649. The van der Waals surface area contributed by atoms with Crippen LogP contribution < -0.4 is 10.9 Å². The first kappa shape index (κ1) is 16.6. The molecule has 1 saturated heterocycles. The minimum atomic E-state index is -0.135. The molecular formula is C18H24N4O2. The van der Waals surface area contributed by atoms with Crippen molar-refractivity contribution in [1.82, 2.24) is 20.0 Å². The van der Waals surface area contributed by atoms with Crippen molar-refractivity contribution in [2.45, 2.75) is 33.4 Å². The van der Waals surface area contributed by atoms with Gasteiger partial charge in [0.2, 0.25) is 0 Å². The van der Waals surface area contributed by atoms with E-state index in [1.165, 1.54) is 4.68 Å². The molecular weight excluding hydrogens is 304 g/mol. The molecule has 6 heteroatoms. The molecule has 2 heterocycles.